The third-order valence-corrected chi connectivity index (χ3v) is 24.5. The Morgan fingerprint density at radius 2 is 0.667 bits per heavy atom. The molecule has 8 fully saturated rings. The van der Waals surface area contributed by atoms with Crippen LogP contribution in [0, 0.1) is 35.5 Å². The minimum atomic E-state index is -4.65. The maximum absolute atomic E-state index is 11.8. The summed E-state index contributed by atoms with van der Waals surface area (Å²) in [4.78, 5) is 54.9. The van der Waals surface area contributed by atoms with Crippen molar-refractivity contribution in [3.63, 3.8) is 0 Å². The van der Waals surface area contributed by atoms with Crippen molar-refractivity contribution < 1.29 is 111 Å². The molecule has 96 heavy (non-hydrogen) atoms. The second-order valence-electron chi connectivity index (χ2n) is 24.9. The van der Waals surface area contributed by atoms with Gasteiger partial charge in [0.05, 0.1) is 11.8 Å². The van der Waals surface area contributed by atoms with Crippen molar-refractivity contribution in [3.8, 4) is 0 Å². The minimum Gasteiger partial charge on any atom is -1.00 e. The summed E-state index contributed by atoms with van der Waals surface area (Å²) in [5, 5.41) is 10.5. The second kappa shape index (κ2) is 30.9. The molecule has 4 heterocycles. The van der Waals surface area contributed by atoms with Gasteiger partial charge < -0.3 is 45.0 Å². The standard InChI is InChI=1S/2C26H19S.2C12H16O7S.BrH.Na/c2*1-2-14-22(15-3-1)27(25-18-8-12-20-10-4-6-16-23(20)25)26-19-9-13-21-11-5-7-17-24(21)26;2*13-10(5-20(15,16)17)19-11-7-1-6-2-8(4-7)12(14)18-9(11)3-6;;/h2*1-19H;2*6-9,11H,1-5H2,(H,15,16,17);1H;/q2*+1;;;;+1/p-3. The van der Waals surface area contributed by atoms with Crippen LogP contribution in [0.5, 0.6) is 0 Å². The number of hydrogen-bond acceptors (Lipinski definition) is 14. The van der Waals surface area contributed by atoms with Crippen LogP contribution in [0.4, 0.5) is 0 Å². The van der Waals surface area contributed by atoms with Crippen LogP contribution >= 0.6 is 0 Å². The molecule has 4 aliphatic heterocycles. The van der Waals surface area contributed by atoms with Gasteiger partial charge in [-0.25, -0.2) is 16.8 Å². The number of ether oxygens (including phenoxy) is 4. The summed E-state index contributed by atoms with van der Waals surface area (Å²) >= 11 is 0. The number of benzene rings is 10. The van der Waals surface area contributed by atoms with Gasteiger partial charge in [0.15, 0.2) is 29.4 Å². The minimum absolute atomic E-state index is 0. The molecule has 14 nitrogen and oxygen atoms in total. The first kappa shape index (κ1) is 70.4. The molecule has 4 saturated carbocycles. The number of esters is 4. The van der Waals surface area contributed by atoms with Gasteiger partial charge in [-0.2, -0.15) is 0 Å². The van der Waals surface area contributed by atoms with Crippen LogP contribution in [0.25, 0.3) is 43.1 Å². The van der Waals surface area contributed by atoms with Gasteiger partial charge >= 0.3 is 53.4 Å². The van der Waals surface area contributed by atoms with Gasteiger partial charge in [0, 0.05) is 33.4 Å². The Morgan fingerprint density at radius 3 is 0.969 bits per heavy atom. The first-order valence-electron chi connectivity index (χ1n) is 31.6. The van der Waals surface area contributed by atoms with Crippen LogP contribution in [-0.4, -0.2) is 85.7 Å². The number of carbonyl (C=O) groups is 4. The first-order chi connectivity index (χ1) is 45.5. The van der Waals surface area contributed by atoms with E-state index in [1.165, 1.54) is 72.5 Å². The second-order valence-corrected chi connectivity index (χ2v) is 31.7. The van der Waals surface area contributed by atoms with E-state index in [0.717, 1.165) is 25.7 Å². The molecule has 4 aliphatic carbocycles. The molecule has 0 radical (unpaired) electrons. The Bertz CT molecular complexity index is 4220. The number of halogens is 1. The molecule has 0 spiro atoms. The monoisotopic (exact) mass is 1430 g/mol. The average molecular weight is 1440 g/mol. The van der Waals surface area contributed by atoms with E-state index in [4.69, 9.17) is 18.9 Å². The summed E-state index contributed by atoms with van der Waals surface area (Å²) < 4.78 is 84.3. The van der Waals surface area contributed by atoms with Crippen LogP contribution in [0.15, 0.2) is 260 Å². The predicted molar refractivity (Wildman–Crippen MR) is 360 cm³/mol. The summed E-state index contributed by atoms with van der Waals surface area (Å²) in [7, 11) is -9.63. The molecular weight excluding hydrogens is 1370 g/mol. The Kier molecular flexibility index (Phi) is 22.7. The van der Waals surface area contributed by atoms with E-state index in [2.05, 4.69) is 231 Å². The van der Waals surface area contributed by atoms with Gasteiger partial charge in [0.25, 0.3) is 0 Å². The summed E-state index contributed by atoms with van der Waals surface area (Å²) in [6.45, 7) is 0. The van der Waals surface area contributed by atoms with Crippen molar-refractivity contribution in [1.82, 2.24) is 0 Å². The molecule has 18 rings (SSSR count). The number of rotatable bonds is 12. The van der Waals surface area contributed by atoms with Crippen molar-refractivity contribution in [3.05, 3.63) is 231 Å². The fourth-order valence-electron chi connectivity index (χ4n) is 14.9. The Morgan fingerprint density at radius 1 is 0.385 bits per heavy atom. The largest absolute Gasteiger partial charge is 1.00 e. The molecule has 0 amide bonds. The van der Waals surface area contributed by atoms with E-state index in [0.29, 0.717) is 37.5 Å². The Hall–Kier alpha value is -6.88. The zero-order chi connectivity index (χ0) is 65.1. The third-order valence-electron chi connectivity index (χ3n) is 18.6. The Balaban J connectivity index is 0.000000131. The average Bonchev–Trinajstić information content (AvgIpc) is 0.809. The molecule has 488 valence electrons. The quantitative estimate of drug-likeness (QED) is 0.0375. The predicted octanol–water partition coefficient (Wildman–Crippen LogP) is 7.79. The van der Waals surface area contributed by atoms with E-state index in [1.54, 1.807) is 0 Å². The maximum atomic E-state index is 11.8. The molecular formula is C76H68BrNaO14S4. The van der Waals surface area contributed by atoms with E-state index < -0.39 is 68.1 Å². The number of hydrogen-bond donors (Lipinski definition) is 0. The molecule has 8 bridgehead atoms. The van der Waals surface area contributed by atoms with Crippen molar-refractivity contribution >= 4 is 109 Å². The van der Waals surface area contributed by atoms with Crippen LogP contribution in [0.3, 0.4) is 0 Å². The van der Waals surface area contributed by atoms with Crippen LogP contribution < -0.4 is 46.5 Å². The first-order valence-corrected chi connectivity index (χ1v) is 37.2. The SMILES string of the molecule is O=C(CS(=O)(=O)[O-])OC1C2CC3CC(C2)C(=O)OC1C3.O=C(CS(=O)(=O)[O-])OC1C2CC3CC(C2)C(=O)OC1C3.[Br-].[Na+].c1ccc([S+](c2cccc3ccccc23)c2cccc3ccccc23)cc1.c1ccc([S+](c2cccc3ccccc23)c2cccc3ccccc23)cc1. The van der Waals surface area contributed by atoms with E-state index >= 15 is 0 Å². The maximum Gasteiger partial charge on any atom is 1.00 e. The normalized spacial score (nSPS) is 22.7. The van der Waals surface area contributed by atoms with Crippen molar-refractivity contribution in [2.24, 2.45) is 35.5 Å². The smallest absolute Gasteiger partial charge is 1.00 e. The van der Waals surface area contributed by atoms with Gasteiger partial charge in [-0.05, 0) is 158 Å². The fraction of sp³-hybridized carbons (Fsp3) is 0.263. The van der Waals surface area contributed by atoms with Gasteiger partial charge in [0.2, 0.25) is 0 Å². The number of fused-ring (bicyclic) bond motifs is 6. The summed E-state index contributed by atoms with van der Waals surface area (Å²) in [5.41, 5.74) is 0. The molecule has 20 heteroatoms. The molecule has 10 unspecified atom stereocenters. The Labute approximate surface area is 597 Å². The molecule has 10 atom stereocenters. The molecule has 10 aromatic carbocycles. The van der Waals surface area contributed by atoms with Gasteiger partial charge in [0.1, 0.15) is 77.9 Å². The number of carbonyl (C=O) groups excluding carboxylic acids is 4. The molecule has 4 saturated heterocycles. The van der Waals surface area contributed by atoms with Gasteiger partial charge in [-0.15, -0.1) is 0 Å². The van der Waals surface area contributed by atoms with Crippen molar-refractivity contribution in [1.29, 1.82) is 0 Å². The van der Waals surface area contributed by atoms with E-state index in [-0.39, 0.29) is 104 Å². The zero-order valence-electron chi connectivity index (χ0n) is 52.5. The van der Waals surface area contributed by atoms with Gasteiger partial charge in [-0.1, -0.05) is 158 Å². The van der Waals surface area contributed by atoms with E-state index in [9.17, 15) is 45.1 Å². The summed E-state index contributed by atoms with van der Waals surface area (Å²) in [6.07, 6.45) is 3.60. The molecule has 8 aliphatic rings. The summed E-state index contributed by atoms with van der Waals surface area (Å²) in [6, 6.07) is 83.3. The van der Waals surface area contributed by atoms with Crippen molar-refractivity contribution in [2.75, 3.05) is 11.5 Å². The molecule has 0 N–H and O–H groups in total. The summed E-state index contributed by atoms with van der Waals surface area (Å²) in [5.74, 6) is -4.44. The van der Waals surface area contributed by atoms with Crippen LogP contribution in [0.1, 0.15) is 51.4 Å². The van der Waals surface area contributed by atoms with Gasteiger partial charge in [-0.3, -0.25) is 19.2 Å². The van der Waals surface area contributed by atoms with Crippen molar-refractivity contribution in [2.45, 2.75) is 105 Å². The van der Waals surface area contributed by atoms with Crippen LogP contribution in [-0.2, 0) is 80.2 Å². The zero-order valence-corrected chi connectivity index (χ0v) is 59.4. The molecule has 10 aromatic rings. The molecule has 0 aromatic heterocycles. The topological polar surface area (TPSA) is 220 Å². The fourth-order valence-corrected chi connectivity index (χ4v) is 20.4. The van der Waals surface area contributed by atoms with E-state index in [1.807, 2.05) is 0 Å². The van der Waals surface area contributed by atoms with Crippen LogP contribution in [0.2, 0.25) is 0 Å². The third kappa shape index (κ3) is 16.3.